The van der Waals surface area contributed by atoms with Crippen LogP contribution in [0.2, 0.25) is 0 Å². The molecule has 1 fully saturated rings. The first-order valence-corrected chi connectivity index (χ1v) is 5.35. The SMILES string of the molecule is C=C(Cl)CNC(=O)C1(CC)CCCN1.Cl. The van der Waals surface area contributed by atoms with Gasteiger partial charge in [-0.25, -0.2) is 0 Å². The van der Waals surface area contributed by atoms with E-state index in [1.54, 1.807) is 0 Å². The molecule has 0 radical (unpaired) electrons. The van der Waals surface area contributed by atoms with E-state index in [0.717, 1.165) is 25.8 Å². The average Bonchev–Trinajstić information content (AvgIpc) is 2.63. The van der Waals surface area contributed by atoms with Gasteiger partial charge in [-0.3, -0.25) is 4.79 Å². The molecule has 3 nitrogen and oxygen atoms in total. The highest BCUT2D eigenvalue weighted by Crippen LogP contribution is 2.22. The molecule has 0 aromatic rings. The maximum absolute atomic E-state index is 11.8. The largest absolute Gasteiger partial charge is 0.350 e. The van der Waals surface area contributed by atoms with Crippen molar-refractivity contribution in [1.29, 1.82) is 0 Å². The van der Waals surface area contributed by atoms with Crippen LogP contribution in [-0.2, 0) is 4.79 Å². The van der Waals surface area contributed by atoms with Gasteiger partial charge in [0.2, 0.25) is 5.91 Å². The third-order valence-electron chi connectivity index (χ3n) is 2.72. The molecule has 0 aromatic heterocycles. The van der Waals surface area contributed by atoms with Crippen molar-refractivity contribution in [3.8, 4) is 0 Å². The molecule has 2 N–H and O–H groups in total. The first-order chi connectivity index (χ1) is 6.60. The molecule has 1 unspecified atom stereocenters. The van der Waals surface area contributed by atoms with Gasteiger partial charge in [-0.1, -0.05) is 25.1 Å². The van der Waals surface area contributed by atoms with E-state index in [-0.39, 0.29) is 23.9 Å². The third kappa shape index (κ3) is 3.67. The van der Waals surface area contributed by atoms with Crippen molar-refractivity contribution in [3.63, 3.8) is 0 Å². The second kappa shape index (κ2) is 6.36. The van der Waals surface area contributed by atoms with Crippen molar-refractivity contribution in [1.82, 2.24) is 10.6 Å². The Hall–Kier alpha value is -0.250. The van der Waals surface area contributed by atoms with Gasteiger partial charge in [0.15, 0.2) is 0 Å². The maximum Gasteiger partial charge on any atom is 0.240 e. The Kier molecular flexibility index (Phi) is 6.25. The topological polar surface area (TPSA) is 41.1 Å². The number of amides is 1. The molecule has 0 aromatic carbocycles. The number of hydrogen-bond donors (Lipinski definition) is 2. The van der Waals surface area contributed by atoms with Gasteiger partial charge < -0.3 is 10.6 Å². The average molecular weight is 253 g/mol. The van der Waals surface area contributed by atoms with Crippen LogP contribution in [0.3, 0.4) is 0 Å². The lowest BCUT2D eigenvalue weighted by molar-refractivity contribution is -0.127. The van der Waals surface area contributed by atoms with Crippen LogP contribution in [0.15, 0.2) is 11.6 Å². The zero-order valence-electron chi connectivity index (χ0n) is 8.94. The molecule has 0 spiro atoms. The van der Waals surface area contributed by atoms with E-state index < -0.39 is 0 Å². The van der Waals surface area contributed by atoms with Gasteiger partial charge >= 0.3 is 0 Å². The summed E-state index contributed by atoms with van der Waals surface area (Å²) in [5.74, 6) is 0.0410. The second-order valence-electron chi connectivity index (χ2n) is 3.67. The highest BCUT2D eigenvalue weighted by Gasteiger charge is 2.38. The van der Waals surface area contributed by atoms with Crippen LogP contribution in [0.1, 0.15) is 26.2 Å². The standard InChI is InChI=1S/C10H17ClN2O.ClH/c1-3-10(5-4-6-13-10)9(14)12-7-8(2)11;/h13H,2-7H2,1H3,(H,12,14);1H. The van der Waals surface area contributed by atoms with Crippen LogP contribution in [0.25, 0.3) is 0 Å². The highest BCUT2D eigenvalue weighted by molar-refractivity contribution is 6.29. The van der Waals surface area contributed by atoms with Crippen LogP contribution in [0.5, 0.6) is 0 Å². The molecular formula is C10H18Cl2N2O. The molecule has 0 bridgehead atoms. The fourth-order valence-corrected chi connectivity index (χ4v) is 1.87. The van der Waals surface area contributed by atoms with Crippen LogP contribution in [0, 0.1) is 0 Å². The van der Waals surface area contributed by atoms with Crippen LogP contribution in [0.4, 0.5) is 0 Å². The van der Waals surface area contributed by atoms with Gasteiger partial charge in [0, 0.05) is 5.03 Å². The Balaban J connectivity index is 0.00000196. The number of halogens is 2. The fourth-order valence-electron chi connectivity index (χ4n) is 1.81. The maximum atomic E-state index is 11.8. The first-order valence-electron chi connectivity index (χ1n) is 4.97. The molecule has 0 aliphatic carbocycles. The number of carbonyl (C=O) groups excluding carboxylic acids is 1. The van der Waals surface area contributed by atoms with E-state index >= 15 is 0 Å². The highest BCUT2D eigenvalue weighted by atomic mass is 35.5. The van der Waals surface area contributed by atoms with Crippen LogP contribution < -0.4 is 10.6 Å². The minimum absolute atomic E-state index is 0. The number of carbonyl (C=O) groups is 1. The zero-order chi connectivity index (χ0) is 10.6. The molecule has 1 amide bonds. The van der Waals surface area contributed by atoms with Gasteiger partial charge in [-0.2, -0.15) is 0 Å². The molecule has 5 heteroatoms. The molecule has 1 atom stereocenters. The van der Waals surface area contributed by atoms with E-state index in [1.165, 1.54) is 0 Å². The number of nitrogens with one attached hydrogen (secondary N) is 2. The summed E-state index contributed by atoms with van der Waals surface area (Å²) >= 11 is 5.59. The van der Waals surface area contributed by atoms with Crippen LogP contribution >= 0.6 is 24.0 Å². The van der Waals surface area contributed by atoms with Gasteiger partial charge in [-0.15, -0.1) is 12.4 Å². The van der Waals surface area contributed by atoms with Crippen molar-refractivity contribution < 1.29 is 4.79 Å². The van der Waals surface area contributed by atoms with E-state index in [0.29, 0.717) is 11.6 Å². The van der Waals surface area contributed by atoms with Crippen molar-refractivity contribution >= 4 is 29.9 Å². The van der Waals surface area contributed by atoms with Crippen LogP contribution in [-0.4, -0.2) is 24.5 Å². The summed E-state index contributed by atoms with van der Waals surface area (Å²) in [6.45, 7) is 6.82. The lowest BCUT2D eigenvalue weighted by Gasteiger charge is -2.26. The fraction of sp³-hybridized carbons (Fsp3) is 0.700. The molecule has 1 saturated heterocycles. The summed E-state index contributed by atoms with van der Waals surface area (Å²) in [5.41, 5.74) is -0.369. The normalized spacial score (nSPS) is 24.4. The van der Waals surface area contributed by atoms with E-state index in [1.807, 2.05) is 6.92 Å². The Labute approximate surface area is 102 Å². The minimum Gasteiger partial charge on any atom is -0.350 e. The Morgan fingerprint density at radius 2 is 2.33 bits per heavy atom. The number of hydrogen-bond acceptors (Lipinski definition) is 2. The Bertz CT molecular complexity index is 238. The predicted molar refractivity (Wildman–Crippen MR) is 65.5 cm³/mol. The molecular weight excluding hydrogens is 235 g/mol. The van der Waals surface area contributed by atoms with Crippen molar-refractivity contribution in [2.75, 3.05) is 13.1 Å². The number of rotatable bonds is 4. The quantitative estimate of drug-likeness (QED) is 0.802. The van der Waals surface area contributed by atoms with Crippen molar-refractivity contribution in [3.05, 3.63) is 11.6 Å². The van der Waals surface area contributed by atoms with Gasteiger partial charge in [0.05, 0.1) is 12.1 Å². The zero-order valence-corrected chi connectivity index (χ0v) is 10.5. The van der Waals surface area contributed by atoms with Gasteiger partial charge in [-0.05, 0) is 25.8 Å². The molecule has 15 heavy (non-hydrogen) atoms. The molecule has 1 aliphatic rings. The first kappa shape index (κ1) is 14.8. The lowest BCUT2D eigenvalue weighted by atomic mass is 9.93. The summed E-state index contributed by atoms with van der Waals surface area (Å²) in [6, 6.07) is 0. The third-order valence-corrected chi connectivity index (χ3v) is 2.86. The summed E-state index contributed by atoms with van der Waals surface area (Å²) < 4.78 is 0. The molecule has 88 valence electrons. The van der Waals surface area contributed by atoms with Crippen molar-refractivity contribution in [2.24, 2.45) is 0 Å². The Morgan fingerprint density at radius 1 is 1.67 bits per heavy atom. The molecule has 1 heterocycles. The summed E-state index contributed by atoms with van der Waals surface area (Å²) in [4.78, 5) is 11.8. The lowest BCUT2D eigenvalue weighted by Crippen LogP contribution is -2.53. The second-order valence-corrected chi connectivity index (χ2v) is 4.20. The van der Waals surface area contributed by atoms with E-state index in [4.69, 9.17) is 11.6 Å². The van der Waals surface area contributed by atoms with Crippen molar-refractivity contribution in [2.45, 2.75) is 31.7 Å². The summed E-state index contributed by atoms with van der Waals surface area (Å²) in [5, 5.41) is 6.50. The molecule has 1 aliphatic heterocycles. The van der Waals surface area contributed by atoms with E-state index in [2.05, 4.69) is 17.2 Å². The van der Waals surface area contributed by atoms with E-state index in [9.17, 15) is 4.79 Å². The smallest absolute Gasteiger partial charge is 0.240 e. The molecule has 0 saturated carbocycles. The predicted octanol–water partition coefficient (Wildman–Crippen LogP) is 1.81. The Morgan fingerprint density at radius 3 is 2.73 bits per heavy atom. The summed E-state index contributed by atoms with van der Waals surface area (Å²) in [7, 11) is 0. The monoisotopic (exact) mass is 252 g/mol. The summed E-state index contributed by atoms with van der Waals surface area (Å²) in [6.07, 6.45) is 2.78. The van der Waals surface area contributed by atoms with Gasteiger partial charge in [0.25, 0.3) is 0 Å². The minimum atomic E-state index is -0.369. The van der Waals surface area contributed by atoms with Gasteiger partial charge in [0.1, 0.15) is 0 Å². The molecule has 1 rings (SSSR count).